The Balaban J connectivity index is 1.72. The molecule has 0 atom stereocenters. The number of hydrogen-bond acceptors (Lipinski definition) is 7. The van der Waals surface area contributed by atoms with Crippen LogP contribution in [0.25, 0.3) is 11.0 Å². The van der Waals surface area contributed by atoms with E-state index in [4.69, 9.17) is 18.6 Å². The van der Waals surface area contributed by atoms with Gasteiger partial charge in [0.15, 0.2) is 6.61 Å². The molecule has 8 nitrogen and oxygen atoms in total. The topological polar surface area (TPSA) is 95.3 Å². The van der Waals surface area contributed by atoms with Gasteiger partial charge in [0, 0.05) is 24.5 Å². The molecule has 0 spiro atoms. The molecule has 1 aromatic heterocycles. The Kier molecular flexibility index (Phi) is 5.52. The van der Waals surface area contributed by atoms with E-state index in [1.807, 2.05) is 0 Å². The Labute approximate surface area is 149 Å². The number of hydrogen-bond donors (Lipinski definition) is 0. The van der Waals surface area contributed by atoms with Gasteiger partial charge in [-0.05, 0) is 25.1 Å². The number of nitrogens with zero attached hydrogens (tertiary/aromatic N) is 1. The molecule has 2 heterocycles. The van der Waals surface area contributed by atoms with Crippen LogP contribution in [0.3, 0.4) is 0 Å². The highest BCUT2D eigenvalue weighted by atomic mass is 16.5. The Morgan fingerprint density at radius 2 is 1.96 bits per heavy atom. The number of morpholine rings is 1. The standard InChI is InChI=1S/C18H19NO7/c1-2-24-17(21)14-9-12-3-4-13(10-15(12)26-18(14)22)25-11-16(20)19-5-7-23-8-6-19/h3-4,9-10H,2,5-8,11H2,1H3. The first-order chi connectivity index (χ1) is 12.6. The van der Waals surface area contributed by atoms with Crippen LogP contribution in [0.1, 0.15) is 17.3 Å². The number of ether oxygens (including phenoxy) is 3. The molecule has 138 valence electrons. The van der Waals surface area contributed by atoms with Crippen LogP contribution in [0.5, 0.6) is 5.75 Å². The van der Waals surface area contributed by atoms with Gasteiger partial charge < -0.3 is 23.5 Å². The van der Waals surface area contributed by atoms with Crippen molar-refractivity contribution in [1.29, 1.82) is 0 Å². The molecule has 0 aliphatic carbocycles. The molecule has 1 aliphatic rings. The fraction of sp³-hybridized carbons (Fsp3) is 0.389. The summed E-state index contributed by atoms with van der Waals surface area (Å²) in [6.07, 6.45) is 0. The zero-order chi connectivity index (χ0) is 18.5. The maximum absolute atomic E-state index is 12.1. The molecule has 8 heteroatoms. The quantitative estimate of drug-likeness (QED) is 0.583. The zero-order valence-electron chi connectivity index (χ0n) is 14.4. The van der Waals surface area contributed by atoms with E-state index in [-0.39, 0.29) is 30.3 Å². The highest BCUT2D eigenvalue weighted by Crippen LogP contribution is 2.21. The third-order valence-electron chi connectivity index (χ3n) is 3.93. The first kappa shape index (κ1) is 17.9. The summed E-state index contributed by atoms with van der Waals surface area (Å²) in [6, 6.07) is 6.22. The second-order valence-corrected chi connectivity index (χ2v) is 5.65. The monoisotopic (exact) mass is 361 g/mol. The van der Waals surface area contributed by atoms with Gasteiger partial charge in [-0.2, -0.15) is 0 Å². The number of rotatable bonds is 5. The van der Waals surface area contributed by atoms with Crippen LogP contribution < -0.4 is 10.4 Å². The summed E-state index contributed by atoms with van der Waals surface area (Å²) in [6.45, 7) is 3.85. The fourth-order valence-electron chi connectivity index (χ4n) is 2.58. The summed E-state index contributed by atoms with van der Waals surface area (Å²) >= 11 is 0. The van der Waals surface area contributed by atoms with Crippen molar-refractivity contribution in [2.24, 2.45) is 0 Å². The minimum atomic E-state index is -0.780. The largest absolute Gasteiger partial charge is 0.484 e. The molecular weight excluding hydrogens is 342 g/mol. The average Bonchev–Trinajstić information content (AvgIpc) is 2.66. The SMILES string of the molecule is CCOC(=O)c1cc2ccc(OCC(=O)N3CCOCC3)cc2oc1=O. The van der Waals surface area contributed by atoms with Crippen LogP contribution in [0.15, 0.2) is 33.5 Å². The second-order valence-electron chi connectivity index (χ2n) is 5.65. The summed E-state index contributed by atoms with van der Waals surface area (Å²) in [7, 11) is 0. The lowest BCUT2D eigenvalue weighted by molar-refractivity contribution is -0.137. The molecule has 0 N–H and O–H groups in total. The first-order valence-electron chi connectivity index (χ1n) is 8.32. The molecule has 0 unspecified atom stereocenters. The van der Waals surface area contributed by atoms with E-state index in [9.17, 15) is 14.4 Å². The molecule has 1 fully saturated rings. The predicted molar refractivity (Wildman–Crippen MR) is 91.3 cm³/mol. The molecule has 1 saturated heterocycles. The lowest BCUT2D eigenvalue weighted by Crippen LogP contribution is -2.42. The van der Waals surface area contributed by atoms with Crippen molar-refractivity contribution >= 4 is 22.8 Å². The smallest absolute Gasteiger partial charge is 0.351 e. The minimum absolute atomic E-state index is 0.114. The molecule has 2 aromatic rings. The van der Waals surface area contributed by atoms with Crippen molar-refractivity contribution in [2.75, 3.05) is 39.5 Å². The van der Waals surface area contributed by atoms with Crippen molar-refractivity contribution < 1.29 is 28.2 Å². The molecule has 3 rings (SSSR count). The number of amides is 1. The Hall–Kier alpha value is -2.87. The number of esters is 1. The summed E-state index contributed by atoms with van der Waals surface area (Å²) in [5, 5.41) is 0.555. The molecular formula is C18H19NO7. The van der Waals surface area contributed by atoms with E-state index < -0.39 is 11.6 Å². The molecule has 0 bridgehead atoms. The van der Waals surface area contributed by atoms with Crippen LogP contribution >= 0.6 is 0 Å². The lowest BCUT2D eigenvalue weighted by atomic mass is 10.2. The highest BCUT2D eigenvalue weighted by Gasteiger charge is 2.18. The molecule has 0 radical (unpaired) electrons. The maximum atomic E-state index is 12.1. The summed E-state index contributed by atoms with van der Waals surface area (Å²) in [5.74, 6) is -0.460. The van der Waals surface area contributed by atoms with Crippen LogP contribution in [-0.4, -0.2) is 56.3 Å². The van der Waals surface area contributed by atoms with E-state index in [0.29, 0.717) is 37.4 Å². The zero-order valence-corrected chi connectivity index (χ0v) is 14.4. The molecule has 1 aliphatic heterocycles. The fourth-order valence-corrected chi connectivity index (χ4v) is 2.58. The number of carbonyl (C=O) groups excluding carboxylic acids is 2. The van der Waals surface area contributed by atoms with Crippen LogP contribution in [0, 0.1) is 0 Å². The molecule has 1 amide bonds. The predicted octanol–water partition coefficient (Wildman–Crippen LogP) is 1.21. The van der Waals surface area contributed by atoms with Gasteiger partial charge in [0.05, 0.1) is 19.8 Å². The van der Waals surface area contributed by atoms with E-state index in [2.05, 4.69) is 0 Å². The van der Waals surface area contributed by atoms with Crippen molar-refractivity contribution in [3.05, 3.63) is 40.2 Å². The van der Waals surface area contributed by atoms with Gasteiger partial charge in [0.25, 0.3) is 5.91 Å². The maximum Gasteiger partial charge on any atom is 0.351 e. The van der Waals surface area contributed by atoms with E-state index >= 15 is 0 Å². The van der Waals surface area contributed by atoms with Gasteiger partial charge in [-0.3, -0.25) is 4.79 Å². The van der Waals surface area contributed by atoms with Crippen molar-refractivity contribution in [3.63, 3.8) is 0 Å². The Morgan fingerprint density at radius 1 is 1.19 bits per heavy atom. The van der Waals surface area contributed by atoms with E-state index in [1.54, 1.807) is 24.0 Å². The van der Waals surface area contributed by atoms with Gasteiger partial charge >= 0.3 is 11.6 Å². The summed E-state index contributed by atoms with van der Waals surface area (Å²) in [4.78, 5) is 37.5. The molecule has 26 heavy (non-hydrogen) atoms. The van der Waals surface area contributed by atoms with Gasteiger partial charge in [-0.15, -0.1) is 0 Å². The van der Waals surface area contributed by atoms with Crippen molar-refractivity contribution in [1.82, 2.24) is 4.90 Å². The van der Waals surface area contributed by atoms with Gasteiger partial charge in [0.2, 0.25) is 0 Å². The highest BCUT2D eigenvalue weighted by molar-refractivity contribution is 5.93. The van der Waals surface area contributed by atoms with Crippen molar-refractivity contribution in [2.45, 2.75) is 6.92 Å². The Morgan fingerprint density at radius 3 is 2.69 bits per heavy atom. The van der Waals surface area contributed by atoms with Gasteiger partial charge in [0.1, 0.15) is 16.9 Å². The van der Waals surface area contributed by atoms with Gasteiger partial charge in [-0.25, -0.2) is 9.59 Å². The first-order valence-corrected chi connectivity index (χ1v) is 8.32. The second kappa shape index (κ2) is 8.01. The Bertz CT molecular complexity index is 867. The molecule has 0 saturated carbocycles. The number of fused-ring (bicyclic) bond motifs is 1. The molecule has 1 aromatic carbocycles. The number of carbonyl (C=O) groups is 2. The van der Waals surface area contributed by atoms with Crippen molar-refractivity contribution in [3.8, 4) is 5.75 Å². The average molecular weight is 361 g/mol. The van der Waals surface area contributed by atoms with Crippen LogP contribution in [0.4, 0.5) is 0 Å². The van der Waals surface area contributed by atoms with Crippen LogP contribution in [0.2, 0.25) is 0 Å². The third kappa shape index (κ3) is 4.02. The third-order valence-corrected chi connectivity index (χ3v) is 3.93. The summed E-state index contributed by atoms with van der Waals surface area (Å²) in [5.41, 5.74) is -0.674. The number of benzene rings is 1. The van der Waals surface area contributed by atoms with E-state index in [0.717, 1.165) is 0 Å². The van der Waals surface area contributed by atoms with Gasteiger partial charge in [-0.1, -0.05) is 0 Å². The normalized spacial score (nSPS) is 14.3. The minimum Gasteiger partial charge on any atom is -0.484 e. The van der Waals surface area contributed by atoms with E-state index in [1.165, 1.54) is 12.1 Å². The summed E-state index contributed by atoms with van der Waals surface area (Å²) < 4.78 is 20.7. The lowest BCUT2D eigenvalue weighted by Gasteiger charge is -2.26. The van der Waals surface area contributed by atoms with Crippen LogP contribution in [-0.2, 0) is 14.3 Å².